The van der Waals surface area contributed by atoms with Crippen LogP contribution in [0.5, 0.6) is 0 Å². The van der Waals surface area contributed by atoms with Gasteiger partial charge in [-0.15, -0.1) is 0 Å². The summed E-state index contributed by atoms with van der Waals surface area (Å²) in [7, 11) is 0. The maximum atomic E-state index is 12.6. The summed E-state index contributed by atoms with van der Waals surface area (Å²) in [6.45, 7) is 11.0. The van der Waals surface area contributed by atoms with E-state index in [0.29, 0.717) is 25.5 Å². The molecule has 1 aromatic rings. The van der Waals surface area contributed by atoms with Crippen molar-refractivity contribution in [3.8, 4) is 0 Å². The third kappa shape index (κ3) is 4.31. The maximum absolute atomic E-state index is 12.6. The molecule has 1 unspecified atom stereocenters. The minimum atomic E-state index is -0.624. The van der Waals surface area contributed by atoms with Crippen molar-refractivity contribution in [2.45, 2.75) is 47.5 Å². The third-order valence-corrected chi connectivity index (χ3v) is 4.06. The second kappa shape index (κ2) is 7.60. The van der Waals surface area contributed by atoms with Crippen LogP contribution in [0.25, 0.3) is 0 Å². The summed E-state index contributed by atoms with van der Waals surface area (Å²) in [5.74, 6) is 0.228. The van der Waals surface area contributed by atoms with E-state index in [9.17, 15) is 4.79 Å². The average molecular weight is 291 g/mol. The molecule has 0 aliphatic carbocycles. The van der Waals surface area contributed by atoms with Crippen LogP contribution in [0.1, 0.15) is 43.9 Å². The minimum Gasteiger partial charge on any atom is -0.466 e. The zero-order valence-corrected chi connectivity index (χ0v) is 14.0. The number of nitrogens with two attached hydrogens (primary N) is 1. The number of hydrogen-bond acceptors (Lipinski definition) is 3. The van der Waals surface area contributed by atoms with Crippen LogP contribution in [0.3, 0.4) is 0 Å². The summed E-state index contributed by atoms with van der Waals surface area (Å²) >= 11 is 0. The molecule has 0 fully saturated rings. The number of carbonyl (C=O) groups excluding carboxylic acids is 1. The fourth-order valence-electron chi connectivity index (χ4n) is 3.00. The van der Waals surface area contributed by atoms with Crippen molar-refractivity contribution in [2.75, 3.05) is 13.2 Å². The average Bonchev–Trinajstić information content (AvgIpc) is 2.41. The summed E-state index contributed by atoms with van der Waals surface area (Å²) in [6, 6.07) is 6.22. The van der Waals surface area contributed by atoms with Gasteiger partial charge in [0.2, 0.25) is 0 Å². The Balaban J connectivity index is 3.20. The molecule has 3 heteroatoms. The van der Waals surface area contributed by atoms with Crippen LogP contribution < -0.4 is 5.73 Å². The molecule has 118 valence electrons. The Bertz CT molecular complexity index is 462. The maximum Gasteiger partial charge on any atom is 0.313 e. The van der Waals surface area contributed by atoms with Gasteiger partial charge in [0, 0.05) is 6.54 Å². The van der Waals surface area contributed by atoms with Crippen molar-refractivity contribution < 1.29 is 9.53 Å². The first-order valence-corrected chi connectivity index (χ1v) is 7.78. The van der Waals surface area contributed by atoms with Gasteiger partial charge in [0.15, 0.2) is 0 Å². The van der Waals surface area contributed by atoms with Gasteiger partial charge in [0.1, 0.15) is 0 Å². The molecule has 0 radical (unpaired) electrons. The van der Waals surface area contributed by atoms with E-state index in [2.05, 4.69) is 39.8 Å². The van der Waals surface area contributed by atoms with Crippen molar-refractivity contribution >= 4 is 5.97 Å². The van der Waals surface area contributed by atoms with Crippen LogP contribution >= 0.6 is 0 Å². The van der Waals surface area contributed by atoms with E-state index in [1.54, 1.807) is 0 Å². The first kappa shape index (κ1) is 17.7. The van der Waals surface area contributed by atoms with E-state index >= 15 is 0 Å². The van der Waals surface area contributed by atoms with E-state index in [-0.39, 0.29) is 5.97 Å². The van der Waals surface area contributed by atoms with Crippen LogP contribution in [-0.4, -0.2) is 19.1 Å². The fraction of sp³-hybridized carbons (Fsp3) is 0.611. The van der Waals surface area contributed by atoms with Gasteiger partial charge < -0.3 is 10.5 Å². The van der Waals surface area contributed by atoms with E-state index in [0.717, 1.165) is 6.42 Å². The van der Waals surface area contributed by atoms with Gasteiger partial charge in [-0.25, -0.2) is 0 Å². The molecular formula is C18H29NO2. The molecule has 1 rings (SSSR count). The number of ether oxygens (including phenoxy) is 1. The number of benzene rings is 1. The molecule has 2 N–H and O–H groups in total. The monoisotopic (exact) mass is 291 g/mol. The quantitative estimate of drug-likeness (QED) is 0.783. The summed E-state index contributed by atoms with van der Waals surface area (Å²) < 4.78 is 5.33. The smallest absolute Gasteiger partial charge is 0.313 e. The summed E-state index contributed by atoms with van der Waals surface area (Å²) in [4.78, 5) is 12.6. The lowest BCUT2D eigenvalue weighted by Crippen LogP contribution is -2.43. The number of carbonyl (C=O) groups is 1. The minimum absolute atomic E-state index is 0.163. The zero-order chi connectivity index (χ0) is 16.0. The van der Waals surface area contributed by atoms with Crippen LogP contribution in [-0.2, 0) is 16.0 Å². The Morgan fingerprint density at radius 2 is 1.86 bits per heavy atom. The van der Waals surface area contributed by atoms with Crippen molar-refractivity contribution in [1.29, 1.82) is 0 Å². The number of esters is 1. The van der Waals surface area contributed by atoms with E-state index < -0.39 is 5.41 Å². The Morgan fingerprint density at radius 3 is 2.29 bits per heavy atom. The van der Waals surface area contributed by atoms with Crippen LogP contribution in [0.4, 0.5) is 0 Å². The zero-order valence-electron chi connectivity index (χ0n) is 14.0. The lowest BCUT2D eigenvalue weighted by Gasteiger charge is -2.33. The first-order valence-electron chi connectivity index (χ1n) is 7.78. The lowest BCUT2D eigenvalue weighted by molar-refractivity contribution is -0.156. The van der Waals surface area contributed by atoms with Crippen LogP contribution in [0, 0.1) is 25.2 Å². The Labute approximate surface area is 128 Å². The Kier molecular flexibility index (Phi) is 6.41. The van der Waals surface area contributed by atoms with Crippen molar-refractivity contribution in [3.63, 3.8) is 0 Å². The second-order valence-corrected chi connectivity index (χ2v) is 6.35. The first-order chi connectivity index (χ1) is 9.86. The standard InChI is InChI=1S/C18H29NO2/c1-6-21-17(20)18(12-19,10-13(2)3)11-16-14(4)8-7-9-15(16)5/h7-9,13H,6,10-12,19H2,1-5H3. The van der Waals surface area contributed by atoms with Gasteiger partial charge in [0.05, 0.1) is 12.0 Å². The number of aryl methyl sites for hydroxylation is 2. The molecule has 21 heavy (non-hydrogen) atoms. The Hall–Kier alpha value is -1.35. The molecule has 1 aromatic carbocycles. The highest BCUT2D eigenvalue weighted by Crippen LogP contribution is 2.33. The van der Waals surface area contributed by atoms with Gasteiger partial charge in [-0.3, -0.25) is 4.79 Å². The molecule has 1 atom stereocenters. The summed E-state index contributed by atoms with van der Waals surface area (Å²) in [5, 5.41) is 0. The van der Waals surface area contributed by atoms with E-state index in [1.165, 1.54) is 16.7 Å². The third-order valence-electron chi connectivity index (χ3n) is 4.06. The van der Waals surface area contributed by atoms with Crippen molar-refractivity contribution in [2.24, 2.45) is 17.1 Å². The molecule has 0 bridgehead atoms. The topological polar surface area (TPSA) is 52.3 Å². The van der Waals surface area contributed by atoms with E-state index in [4.69, 9.17) is 10.5 Å². The van der Waals surface area contributed by atoms with Crippen LogP contribution in [0.2, 0.25) is 0 Å². The lowest BCUT2D eigenvalue weighted by atomic mass is 9.74. The highest BCUT2D eigenvalue weighted by molar-refractivity contribution is 5.77. The SMILES string of the molecule is CCOC(=O)C(CN)(Cc1c(C)cccc1C)CC(C)C. The summed E-state index contributed by atoms with van der Waals surface area (Å²) in [5.41, 5.74) is 9.05. The highest BCUT2D eigenvalue weighted by Gasteiger charge is 2.40. The van der Waals surface area contributed by atoms with Crippen molar-refractivity contribution in [1.82, 2.24) is 0 Å². The second-order valence-electron chi connectivity index (χ2n) is 6.35. The Morgan fingerprint density at radius 1 is 1.29 bits per heavy atom. The van der Waals surface area contributed by atoms with E-state index in [1.807, 2.05) is 13.0 Å². The fourth-order valence-corrected chi connectivity index (χ4v) is 3.00. The number of rotatable bonds is 7. The van der Waals surface area contributed by atoms with Gasteiger partial charge in [-0.05, 0) is 56.2 Å². The summed E-state index contributed by atoms with van der Waals surface area (Å²) in [6.07, 6.45) is 1.40. The van der Waals surface area contributed by atoms with Gasteiger partial charge in [0.25, 0.3) is 0 Å². The molecule has 0 heterocycles. The van der Waals surface area contributed by atoms with Gasteiger partial charge in [-0.1, -0.05) is 32.0 Å². The molecule has 0 amide bonds. The molecular weight excluding hydrogens is 262 g/mol. The molecule has 0 aromatic heterocycles. The van der Waals surface area contributed by atoms with Crippen LogP contribution in [0.15, 0.2) is 18.2 Å². The van der Waals surface area contributed by atoms with Crippen molar-refractivity contribution in [3.05, 3.63) is 34.9 Å². The largest absolute Gasteiger partial charge is 0.466 e. The molecule has 0 spiro atoms. The number of hydrogen-bond donors (Lipinski definition) is 1. The highest BCUT2D eigenvalue weighted by atomic mass is 16.5. The predicted molar refractivity (Wildman–Crippen MR) is 87.2 cm³/mol. The molecule has 3 nitrogen and oxygen atoms in total. The molecule has 0 aliphatic heterocycles. The predicted octanol–water partition coefficient (Wildman–Crippen LogP) is 3.40. The molecule has 0 saturated heterocycles. The normalized spacial score (nSPS) is 14.0. The molecule has 0 saturated carbocycles. The molecule has 0 aliphatic rings. The van der Waals surface area contributed by atoms with Gasteiger partial charge >= 0.3 is 5.97 Å². The van der Waals surface area contributed by atoms with Gasteiger partial charge in [-0.2, -0.15) is 0 Å².